The number of aliphatic hydroxyl groups is 3. The van der Waals surface area contributed by atoms with Crippen molar-refractivity contribution in [3.05, 3.63) is 46.6 Å². The summed E-state index contributed by atoms with van der Waals surface area (Å²) in [5.74, 6) is -0.715. The minimum absolute atomic E-state index is 0.0676. The highest BCUT2D eigenvalue weighted by molar-refractivity contribution is 6.03. The number of phenolic OH excluding ortho intramolecular Hbond substituents is 1. The Morgan fingerprint density at radius 3 is 2.36 bits per heavy atom. The topological polar surface area (TPSA) is 119 Å². The van der Waals surface area contributed by atoms with Crippen molar-refractivity contribution in [2.24, 2.45) is 23.7 Å². The Morgan fingerprint density at radius 1 is 1.08 bits per heavy atom. The molecule has 1 aromatic rings. The van der Waals surface area contributed by atoms with Gasteiger partial charge in [0.1, 0.15) is 5.75 Å². The molecule has 5 N–H and O–H groups in total. The van der Waals surface area contributed by atoms with Crippen molar-refractivity contribution in [3.63, 3.8) is 0 Å². The molecule has 1 aliphatic rings. The van der Waals surface area contributed by atoms with Crippen molar-refractivity contribution < 1.29 is 30.0 Å². The fraction of sp³-hybridized carbons (Fsp3) is 0.621. The first-order valence-electron chi connectivity index (χ1n) is 12.9. The highest BCUT2D eigenvalue weighted by atomic mass is 16.5. The van der Waals surface area contributed by atoms with Gasteiger partial charge in [-0.1, -0.05) is 26.0 Å². The summed E-state index contributed by atoms with van der Waals surface area (Å²) in [6.45, 7) is 9.32. The van der Waals surface area contributed by atoms with Crippen molar-refractivity contribution in [2.45, 2.75) is 72.5 Å². The molecule has 1 amide bonds. The van der Waals surface area contributed by atoms with E-state index in [1.807, 2.05) is 39.0 Å². The highest BCUT2D eigenvalue weighted by Gasteiger charge is 2.28. The molecule has 1 aliphatic heterocycles. The van der Waals surface area contributed by atoms with Gasteiger partial charge >= 0.3 is 0 Å². The van der Waals surface area contributed by atoms with E-state index in [1.54, 1.807) is 20.1 Å². The van der Waals surface area contributed by atoms with Gasteiger partial charge in [-0.2, -0.15) is 0 Å². The second kappa shape index (κ2) is 13.9. The third kappa shape index (κ3) is 7.90. The molecule has 1 aromatic carbocycles. The molecular formula is C29H45NO6. The van der Waals surface area contributed by atoms with Crippen LogP contribution in [-0.4, -0.2) is 58.9 Å². The summed E-state index contributed by atoms with van der Waals surface area (Å²) in [4.78, 5) is 12.8. The molecule has 0 radical (unpaired) electrons. The highest BCUT2D eigenvalue weighted by Crippen LogP contribution is 2.31. The molecule has 6 atom stereocenters. The summed E-state index contributed by atoms with van der Waals surface area (Å²) >= 11 is 0. The van der Waals surface area contributed by atoms with Gasteiger partial charge in [-0.05, 0) is 75.1 Å². The van der Waals surface area contributed by atoms with Gasteiger partial charge in [0.2, 0.25) is 0 Å². The van der Waals surface area contributed by atoms with Crippen LogP contribution in [-0.2, 0) is 16.0 Å². The van der Waals surface area contributed by atoms with E-state index in [1.165, 1.54) is 0 Å². The molecule has 7 nitrogen and oxygen atoms in total. The van der Waals surface area contributed by atoms with Crippen LogP contribution >= 0.6 is 0 Å². The number of carbonyl (C=O) groups is 1. The molecule has 1 heterocycles. The third-order valence-corrected chi connectivity index (χ3v) is 7.51. The quantitative estimate of drug-likeness (QED) is 0.396. The van der Waals surface area contributed by atoms with E-state index in [2.05, 4.69) is 12.2 Å². The zero-order valence-electron chi connectivity index (χ0n) is 22.6. The first kappa shape index (κ1) is 30.0. The summed E-state index contributed by atoms with van der Waals surface area (Å²) in [7, 11) is 1.61. The van der Waals surface area contributed by atoms with Gasteiger partial charge < -0.3 is 30.5 Å². The van der Waals surface area contributed by atoms with Crippen molar-refractivity contribution >= 4 is 11.6 Å². The van der Waals surface area contributed by atoms with E-state index >= 15 is 0 Å². The minimum Gasteiger partial charge on any atom is -0.508 e. The molecule has 0 unspecified atom stereocenters. The predicted octanol–water partition coefficient (Wildman–Crippen LogP) is 4.12. The van der Waals surface area contributed by atoms with E-state index in [-0.39, 0.29) is 54.6 Å². The largest absolute Gasteiger partial charge is 0.508 e. The Labute approximate surface area is 215 Å². The molecule has 2 bridgehead atoms. The number of allylic oxidation sites excluding steroid dienone is 1. The van der Waals surface area contributed by atoms with E-state index in [4.69, 9.17) is 4.74 Å². The van der Waals surface area contributed by atoms with Crippen LogP contribution in [0.25, 0.3) is 0 Å². The first-order valence-corrected chi connectivity index (χ1v) is 12.9. The number of carbonyl (C=O) groups excluding carboxylic acids is 1. The number of anilines is 1. The number of phenols is 1. The third-order valence-electron chi connectivity index (χ3n) is 7.51. The van der Waals surface area contributed by atoms with Crippen LogP contribution in [0, 0.1) is 30.6 Å². The van der Waals surface area contributed by atoms with E-state index in [9.17, 15) is 25.2 Å². The number of benzene rings is 1. The average Bonchev–Trinajstić information content (AvgIpc) is 2.83. The molecule has 7 heteroatoms. The van der Waals surface area contributed by atoms with Crippen molar-refractivity contribution in [2.75, 3.05) is 25.6 Å². The summed E-state index contributed by atoms with van der Waals surface area (Å²) < 4.78 is 5.73. The standard InChI is InChI=1S/C29H45NO6/c1-17-10-23-13-25(14-26(33)21(23)5)30-29(35)18(2)8-7-9-22(15-31)28(36-6)20(4)12-19(3)27(34)24(11-17)16-32/h8,12-14,17,19,22,24,27-28,31-34H,7,9-11,15-16H2,1-6H3,(H,30,35)/b18-8+,20-12+/t17-,19+,22-,24-,27-,28+/m1/s1. The van der Waals surface area contributed by atoms with Crippen LogP contribution in [0.15, 0.2) is 35.4 Å². The van der Waals surface area contributed by atoms with Crippen LogP contribution in [0.2, 0.25) is 0 Å². The summed E-state index contributed by atoms with van der Waals surface area (Å²) in [5, 5.41) is 44.6. The van der Waals surface area contributed by atoms with Crippen LogP contribution < -0.4 is 5.32 Å². The van der Waals surface area contributed by atoms with Gasteiger partial charge in [-0.15, -0.1) is 0 Å². The molecule has 0 aromatic heterocycles. The zero-order valence-corrected chi connectivity index (χ0v) is 22.6. The molecular weight excluding hydrogens is 458 g/mol. The number of rotatable bonds is 3. The Balaban J connectivity index is 2.47. The zero-order chi connectivity index (χ0) is 27.0. The number of methoxy groups -OCH3 is 1. The van der Waals surface area contributed by atoms with Gasteiger partial charge in [0.15, 0.2) is 0 Å². The number of hydrogen-bond donors (Lipinski definition) is 5. The molecule has 0 fully saturated rings. The Hall–Kier alpha value is -2.19. The predicted molar refractivity (Wildman–Crippen MR) is 143 cm³/mol. The molecule has 202 valence electrons. The fourth-order valence-electron chi connectivity index (χ4n) is 5.30. The maximum Gasteiger partial charge on any atom is 0.250 e. The van der Waals surface area contributed by atoms with Crippen molar-refractivity contribution in [1.29, 1.82) is 0 Å². The average molecular weight is 504 g/mol. The molecule has 0 saturated heterocycles. The summed E-state index contributed by atoms with van der Waals surface area (Å²) in [6, 6.07) is 3.44. The maximum absolute atomic E-state index is 12.8. The lowest BCUT2D eigenvalue weighted by Gasteiger charge is -2.29. The second-order valence-electron chi connectivity index (χ2n) is 10.5. The number of aliphatic hydroxyl groups excluding tert-OH is 3. The number of ether oxygens (including phenoxy) is 1. The molecule has 2 rings (SSSR count). The number of hydrogen-bond acceptors (Lipinski definition) is 6. The van der Waals surface area contributed by atoms with Crippen LogP contribution in [0.4, 0.5) is 5.69 Å². The van der Waals surface area contributed by atoms with Crippen LogP contribution in [0.1, 0.15) is 58.1 Å². The lowest BCUT2D eigenvalue weighted by atomic mass is 9.82. The number of nitrogens with one attached hydrogen (secondary N) is 1. The maximum atomic E-state index is 12.8. The minimum atomic E-state index is -0.745. The summed E-state index contributed by atoms with van der Waals surface area (Å²) in [6.07, 6.45) is 5.20. The van der Waals surface area contributed by atoms with Crippen LogP contribution in [0.3, 0.4) is 0 Å². The smallest absolute Gasteiger partial charge is 0.250 e. The number of fused-ring (bicyclic) bond motifs is 2. The molecule has 0 spiro atoms. The van der Waals surface area contributed by atoms with Gasteiger partial charge in [0.05, 0.1) is 12.2 Å². The molecule has 0 saturated carbocycles. The fourth-order valence-corrected chi connectivity index (χ4v) is 5.30. The van der Waals surface area contributed by atoms with Gasteiger partial charge in [-0.25, -0.2) is 0 Å². The Kier molecular flexibility index (Phi) is 11.6. The van der Waals surface area contributed by atoms with Gasteiger partial charge in [0, 0.05) is 55.4 Å². The first-order chi connectivity index (χ1) is 17.0. The lowest BCUT2D eigenvalue weighted by Crippen LogP contribution is -2.32. The van der Waals surface area contributed by atoms with E-state index < -0.39 is 6.10 Å². The van der Waals surface area contributed by atoms with Gasteiger partial charge in [-0.3, -0.25) is 4.79 Å². The van der Waals surface area contributed by atoms with E-state index in [0.717, 1.165) is 16.7 Å². The lowest BCUT2D eigenvalue weighted by molar-refractivity contribution is -0.112. The molecule has 36 heavy (non-hydrogen) atoms. The monoisotopic (exact) mass is 503 g/mol. The van der Waals surface area contributed by atoms with Crippen molar-refractivity contribution in [3.8, 4) is 5.75 Å². The SMILES string of the molecule is CO[C@H]1/C(C)=C/[C@H](C)[C@@H](O)[C@@H](CO)C[C@H](C)Cc2cc(cc(O)c2C)NC(=O)/C(C)=C/CC[C@@H]1CO. The Morgan fingerprint density at radius 2 is 1.75 bits per heavy atom. The van der Waals surface area contributed by atoms with E-state index in [0.29, 0.717) is 36.9 Å². The number of amides is 1. The summed E-state index contributed by atoms with van der Waals surface area (Å²) in [5.41, 5.74) is 3.68. The Bertz CT molecular complexity index is 940. The van der Waals surface area contributed by atoms with Gasteiger partial charge in [0.25, 0.3) is 5.91 Å². The number of aromatic hydroxyl groups is 1. The second-order valence-corrected chi connectivity index (χ2v) is 10.5. The normalized spacial score (nSPS) is 32.2. The molecule has 0 aliphatic carbocycles. The van der Waals surface area contributed by atoms with Crippen molar-refractivity contribution in [1.82, 2.24) is 0 Å². The van der Waals surface area contributed by atoms with Crippen LogP contribution in [0.5, 0.6) is 5.75 Å².